The zero-order valence-corrected chi connectivity index (χ0v) is 10.3. The van der Waals surface area contributed by atoms with Crippen molar-refractivity contribution in [2.24, 2.45) is 0 Å². The van der Waals surface area contributed by atoms with Crippen LogP contribution in [0, 0.1) is 10.1 Å². The Hall–Kier alpha value is -2.24. The monoisotopic (exact) mass is 246 g/mol. The van der Waals surface area contributed by atoms with Gasteiger partial charge in [-0.1, -0.05) is 12.1 Å². The van der Waals surface area contributed by atoms with Gasteiger partial charge in [-0.05, 0) is 25.5 Å². The third kappa shape index (κ3) is 2.09. The minimum absolute atomic E-state index is 0.0830. The molecule has 0 atom stereocenters. The molecule has 0 radical (unpaired) electrons. The van der Waals surface area contributed by atoms with Crippen LogP contribution in [0.5, 0.6) is 0 Å². The maximum atomic E-state index is 10.6. The summed E-state index contributed by atoms with van der Waals surface area (Å²) in [7, 11) is 0. The zero-order chi connectivity index (χ0) is 13.1. The molecule has 0 amide bonds. The molecule has 0 fully saturated rings. The molecule has 0 saturated carbocycles. The van der Waals surface area contributed by atoms with E-state index in [4.69, 9.17) is 0 Å². The van der Waals surface area contributed by atoms with Gasteiger partial charge in [0.05, 0.1) is 10.6 Å². The number of aryl methyl sites for hydroxylation is 1. The van der Waals surface area contributed by atoms with Crippen molar-refractivity contribution >= 4 is 5.69 Å². The molecule has 1 aromatic heterocycles. The number of benzene rings is 1. The highest BCUT2D eigenvalue weighted by Crippen LogP contribution is 2.24. The lowest BCUT2D eigenvalue weighted by atomic mass is 10.1. The molecule has 0 spiro atoms. The molecular formula is C12H14N4O2. The van der Waals surface area contributed by atoms with Crippen molar-refractivity contribution in [2.45, 2.75) is 26.8 Å². The molecule has 0 aliphatic rings. The first-order valence-electron chi connectivity index (χ1n) is 5.84. The van der Waals surface area contributed by atoms with E-state index in [0.717, 1.165) is 29.9 Å². The molecule has 18 heavy (non-hydrogen) atoms. The third-order valence-electron chi connectivity index (χ3n) is 2.82. The molecule has 0 N–H and O–H groups in total. The molecule has 0 bridgehead atoms. The van der Waals surface area contributed by atoms with Gasteiger partial charge in [-0.3, -0.25) is 10.1 Å². The topological polar surface area (TPSA) is 73.8 Å². The first-order chi connectivity index (χ1) is 8.67. The summed E-state index contributed by atoms with van der Waals surface area (Å²) in [5, 5.41) is 18.8. The first-order valence-corrected chi connectivity index (χ1v) is 5.84. The Morgan fingerprint density at radius 1 is 1.28 bits per heavy atom. The molecule has 1 aromatic carbocycles. The van der Waals surface area contributed by atoms with Crippen LogP contribution in [-0.4, -0.2) is 19.9 Å². The predicted molar refractivity (Wildman–Crippen MR) is 67.2 cm³/mol. The molecular weight excluding hydrogens is 232 g/mol. The lowest BCUT2D eigenvalue weighted by Crippen LogP contribution is -2.01. The summed E-state index contributed by atoms with van der Waals surface area (Å²) >= 11 is 0. The van der Waals surface area contributed by atoms with Gasteiger partial charge in [-0.2, -0.15) is 0 Å². The molecule has 2 rings (SSSR count). The Kier molecular flexibility index (Phi) is 3.36. The third-order valence-corrected chi connectivity index (χ3v) is 2.82. The number of hydrogen-bond acceptors (Lipinski definition) is 4. The van der Waals surface area contributed by atoms with E-state index in [-0.39, 0.29) is 5.69 Å². The fourth-order valence-electron chi connectivity index (χ4n) is 1.90. The molecule has 0 aliphatic heterocycles. The van der Waals surface area contributed by atoms with Gasteiger partial charge in [0, 0.05) is 24.2 Å². The van der Waals surface area contributed by atoms with Crippen LogP contribution < -0.4 is 0 Å². The highest BCUT2D eigenvalue weighted by atomic mass is 16.6. The van der Waals surface area contributed by atoms with Crippen LogP contribution in [0.3, 0.4) is 0 Å². The van der Waals surface area contributed by atoms with E-state index in [2.05, 4.69) is 10.3 Å². The van der Waals surface area contributed by atoms with Gasteiger partial charge in [0.1, 0.15) is 5.69 Å². The summed E-state index contributed by atoms with van der Waals surface area (Å²) in [6, 6.07) is 6.39. The van der Waals surface area contributed by atoms with Crippen LogP contribution >= 0.6 is 0 Å². The van der Waals surface area contributed by atoms with Gasteiger partial charge in [-0.25, -0.2) is 4.68 Å². The molecule has 6 heteroatoms. The average molecular weight is 246 g/mol. The normalized spacial score (nSPS) is 10.6. The van der Waals surface area contributed by atoms with E-state index >= 15 is 0 Å². The van der Waals surface area contributed by atoms with Gasteiger partial charge < -0.3 is 0 Å². The molecule has 0 unspecified atom stereocenters. The van der Waals surface area contributed by atoms with Crippen LogP contribution in [-0.2, 0) is 13.0 Å². The lowest BCUT2D eigenvalue weighted by Gasteiger charge is -2.03. The molecule has 0 aliphatic carbocycles. The Labute approximate surface area is 104 Å². The standard InChI is InChI=1S/C12H14N4O2/c1-3-11-12(13-14-15(11)4-2)9-5-7-10(8-6-9)16(17)18/h5-8H,3-4H2,1-2H3. The summed E-state index contributed by atoms with van der Waals surface area (Å²) in [6.45, 7) is 4.82. The van der Waals surface area contributed by atoms with Gasteiger partial charge in [0.25, 0.3) is 5.69 Å². The molecule has 2 aromatic rings. The number of non-ortho nitro benzene ring substituents is 1. The fraction of sp³-hybridized carbons (Fsp3) is 0.333. The Morgan fingerprint density at radius 3 is 2.44 bits per heavy atom. The number of rotatable bonds is 4. The van der Waals surface area contributed by atoms with E-state index in [0.29, 0.717) is 0 Å². The Balaban J connectivity index is 2.42. The largest absolute Gasteiger partial charge is 0.269 e. The lowest BCUT2D eigenvalue weighted by molar-refractivity contribution is -0.384. The van der Waals surface area contributed by atoms with Crippen molar-refractivity contribution in [1.29, 1.82) is 0 Å². The van der Waals surface area contributed by atoms with Crippen molar-refractivity contribution in [3.05, 3.63) is 40.1 Å². The second-order valence-electron chi connectivity index (χ2n) is 3.86. The van der Waals surface area contributed by atoms with Gasteiger partial charge in [0.15, 0.2) is 0 Å². The van der Waals surface area contributed by atoms with Crippen molar-refractivity contribution in [1.82, 2.24) is 15.0 Å². The van der Waals surface area contributed by atoms with Gasteiger partial charge in [-0.15, -0.1) is 5.10 Å². The summed E-state index contributed by atoms with van der Waals surface area (Å²) in [5.74, 6) is 0. The SMILES string of the molecule is CCc1c(-c2ccc([N+](=O)[O-])cc2)nnn1CC. The van der Waals surface area contributed by atoms with Gasteiger partial charge in [0.2, 0.25) is 0 Å². The molecule has 6 nitrogen and oxygen atoms in total. The number of nitro groups is 1. The summed E-state index contributed by atoms with van der Waals surface area (Å²) < 4.78 is 1.84. The van der Waals surface area contributed by atoms with Crippen LogP contribution in [0.4, 0.5) is 5.69 Å². The van der Waals surface area contributed by atoms with Gasteiger partial charge >= 0.3 is 0 Å². The van der Waals surface area contributed by atoms with Crippen LogP contribution in [0.1, 0.15) is 19.5 Å². The molecule has 94 valence electrons. The van der Waals surface area contributed by atoms with E-state index in [1.54, 1.807) is 12.1 Å². The quantitative estimate of drug-likeness (QED) is 0.613. The summed E-state index contributed by atoms with van der Waals surface area (Å²) in [4.78, 5) is 10.2. The van der Waals surface area contributed by atoms with E-state index in [1.807, 2.05) is 18.5 Å². The first kappa shape index (κ1) is 12.2. The van der Waals surface area contributed by atoms with E-state index in [1.165, 1.54) is 12.1 Å². The van der Waals surface area contributed by atoms with Crippen molar-refractivity contribution in [3.8, 4) is 11.3 Å². The predicted octanol–water partition coefficient (Wildman–Crippen LogP) is 2.44. The van der Waals surface area contributed by atoms with Crippen LogP contribution in [0.15, 0.2) is 24.3 Å². The second-order valence-corrected chi connectivity index (χ2v) is 3.86. The summed E-state index contributed by atoms with van der Waals surface area (Å²) in [5.41, 5.74) is 2.79. The average Bonchev–Trinajstić information content (AvgIpc) is 2.81. The number of aromatic nitrogens is 3. The van der Waals surface area contributed by atoms with Crippen LogP contribution in [0.25, 0.3) is 11.3 Å². The Bertz CT molecular complexity index is 560. The Morgan fingerprint density at radius 2 is 1.94 bits per heavy atom. The van der Waals surface area contributed by atoms with Crippen molar-refractivity contribution < 1.29 is 4.92 Å². The number of hydrogen-bond donors (Lipinski definition) is 0. The molecule has 1 heterocycles. The number of nitrogens with zero attached hydrogens (tertiary/aromatic N) is 4. The maximum absolute atomic E-state index is 10.6. The minimum Gasteiger partial charge on any atom is -0.258 e. The highest BCUT2D eigenvalue weighted by molar-refractivity contribution is 5.62. The smallest absolute Gasteiger partial charge is 0.258 e. The maximum Gasteiger partial charge on any atom is 0.269 e. The number of nitro benzene ring substituents is 1. The van der Waals surface area contributed by atoms with Crippen LogP contribution in [0.2, 0.25) is 0 Å². The second kappa shape index (κ2) is 4.95. The zero-order valence-electron chi connectivity index (χ0n) is 10.3. The van der Waals surface area contributed by atoms with E-state index in [9.17, 15) is 10.1 Å². The van der Waals surface area contributed by atoms with Crippen molar-refractivity contribution in [3.63, 3.8) is 0 Å². The highest BCUT2D eigenvalue weighted by Gasteiger charge is 2.13. The minimum atomic E-state index is -0.409. The molecule has 0 saturated heterocycles. The fourth-order valence-corrected chi connectivity index (χ4v) is 1.90. The van der Waals surface area contributed by atoms with E-state index < -0.39 is 4.92 Å². The van der Waals surface area contributed by atoms with Crippen molar-refractivity contribution in [2.75, 3.05) is 0 Å². The summed E-state index contributed by atoms with van der Waals surface area (Å²) in [6.07, 6.45) is 0.827.